The zero-order valence-electron chi connectivity index (χ0n) is 8.67. The quantitative estimate of drug-likeness (QED) is 0.931. The summed E-state index contributed by atoms with van der Waals surface area (Å²) in [6.45, 7) is 0. The van der Waals surface area contributed by atoms with Gasteiger partial charge in [0.1, 0.15) is 5.82 Å². The number of benzene rings is 1. The maximum atomic E-state index is 11.9. The highest BCUT2D eigenvalue weighted by Crippen LogP contribution is 2.17. The Morgan fingerprint density at radius 2 is 1.94 bits per heavy atom. The van der Waals surface area contributed by atoms with Crippen molar-refractivity contribution < 1.29 is 8.42 Å². The highest BCUT2D eigenvalue weighted by atomic mass is 35.5. The molecular formula is C11H9ClN2O2S. The van der Waals surface area contributed by atoms with Gasteiger partial charge in [0, 0.05) is 11.2 Å². The van der Waals surface area contributed by atoms with E-state index in [9.17, 15) is 8.42 Å². The summed E-state index contributed by atoms with van der Waals surface area (Å²) in [4.78, 5) is 4.00. The second-order valence-electron chi connectivity index (χ2n) is 3.28. The number of hydrogen-bond donors (Lipinski definition) is 1. The summed E-state index contributed by atoms with van der Waals surface area (Å²) in [5, 5.41) is 0.369. The Hall–Kier alpha value is -1.59. The smallest absolute Gasteiger partial charge is 0.263 e. The minimum absolute atomic E-state index is 0.107. The lowest BCUT2D eigenvalue weighted by Gasteiger charge is -2.06. The lowest BCUT2D eigenvalue weighted by atomic mass is 10.4. The molecule has 0 atom stereocenters. The van der Waals surface area contributed by atoms with Crippen molar-refractivity contribution in [2.24, 2.45) is 0 Å². The zero-order chi connectivity index (χ0) is 12.3. The van der Waals surface area contributed by atoms with Crippen LogP contribution >= 0.6 is 11.6 Å². The molecule has 0 aliphatic carbocycles. The van der Waals surface area contributed by atoms with E-state index in [1.54, 1.807) is 30.3 Å². The molecule has 4 nitrogen and oxygen atoms in total. The predicted molar refractivity (Wildman–Crippen MR) is 66.5 cm³/mol. The molecule has 0 radical (unpaired) electrons. The Labute approximate surface area is 104 Å². The van der Waals surface area contributed by atoms with Crippen LogP contribution in [0.3, 0.4) is 0 Å². The van der Waals surface area contributed by atoms with Crippen LogP contribution in [0.5, 0.6) is 0 Å². The van der Waals surface area contributed by atoms with Crippen molar-refractivity contribution in [3.63, 3.8) is 0 Å². The Morgan fingerprint density at radius 3 is 2.59 bits per heavy atom. The summed E-state index contributed by atoms with van der Waals surface area (Å²) in [6, 6.07) is 11.0. The van der Waals surface area contributed by atoms with E-state index in [0.29, 0.717) is 5.02 Å². The molecule has 1 heterocycles. The molecule has 1 aromatic carbocycles. The van der Waals surface area contributed by atoms with Crippen LogP contribution < -0.4 is 4.72 Å². The SMILES string of the molecule is O=S(=O)(Nc1ccccn1)c1cccc(Cl)c1. The summed E-state index contributed by atoms with van der Waals surface area (Å²) in [5.41, 5.74) is 0. The van der Waals surface area contributed by atoms with Gasteiger partial charge in [0.25, 0.3) is 10.0 Å². The van der Waals surface area contributed by atoms with Crippen molar-refractivity contribution in [2.75, 3.05) is 4.72 Å². The number of anilines is 1. The molecule has 0 fully saturated rings. The third-order valence-corrected chi connectivity index (χ3v) is 3.60. The Balaban J connectivity index is 2.32. The van der Waals surface area contributed by atoms with Crippen LogP contribution in [0.4, 0.5) is 5.82 Å². The zero-order valence-corrected chi connectivity index (χ0v) is 10.2. The molecule has 0 aliphatic rings. The van der Waals surface area contributed by atoms with E-state index in [4.69, 9.17) is 11.6 Å². The second-order valence-corrected chi connectivity index (χ2v) is 5.40. The van der Waals surface area contributed by atoms with E-state index < -0.39 is 10.0 Å². The molecule has 88 valence electrons. The fourth-order valence-corrected chi connectivity index (χ4v) is 2.56. The van der Waals surface area contributed by atoms with E-state index >= 15 is 0 Å². The Morgan fingerprint density at radius 1 is 1.12 bits per heavy atom. The fraction of sp³-hybridized carbons (Fsp3) is 0. The van der Waals surface area contributed by atoms with Crippen LogP contribution in [-0.2, 0) is 10.0 Å². The lowest BCUT2D eigenvalue weighted by molar-refractivity contribution is 0.601. The third-order valence-electron chi connectivity index (χ3n) is 2.01. The summed E-state index contributed by atoms with van der Waals surface area (Å²) in [7, 11) is -3.63. The molecule has 0 spiro atoms. The molecule has 0 aliphatic heterocycles. The number of nitrogens with one attached hydrogen (secondary N) is 1. The maximum absolute atomic E-state index is 11.9. The largest absolute Gasteiger partial charge is 0.263 e. The van der Waals surface area contributed by atoms with Gasteiger partial charge in [0.15, 0.2) is 0 Å². The molecule has 1 N–H and O–H groups in total. The van der Waals surface area contributed by atoms with Gasteiger partial charge in [-0.1, -0.05) is 23.7 Å². The molecular weight excluding hydrogens is 260 g/mol. The van der Waals surface area contributed by atoms with Crippen LogP contribution in [0, 0.1) is 0 Å². The predicted octanol–water partition coefficient (Wildman–Crippen LogP) is 2.54. The minimum atomic E-state index is -3.63. The number of pyridine rings is 1. The summed E-state index contributed by atoms with van der Waals surface area (Å²) in [6.07, 6.45) is 1.51. The lowest BCUT2D eigenvalue weighted by Crippen LogP contribution is -2.13. The molecule has 0 unspecified atom stereocenters. The molecule has 0 bridgehead atoms. The molecule has 0 amide bonds. The van der Waals surface area contributed by atoms with Gasteiger partial charge < -0.3 is 0 Å². The number of rotatable bonds is 3. The van der Waals surface area contributed by atoms with Crippen molar-refractivity contribution >= 4 is 27.4 Å². The topological polar surface area (TPSA) is 59.1 Å². The summed E-state index contributed by atoms with van der Waals surface area (Å²) < 4.78 is 26.3. The molecule has 0 saturated heterocycles. The van der Waals surface area contributed by atoms with Gasteiger partial charge in [-0.05, 0) is 30.3 Å². The number of halogens is 1. The molecule has 17 heavy (non-hydrogen) atoms. The third kappa shape index (κ3) is 2.95. The average molecular weight is 269 g/mol. The van der Waals surface area contributed by atoms with Crippen molar-refractivity contribution in [3.05, 3.63) is 53.7 Å². The van der Waals surface area contributed by atoms with Gasteiger partial charge in [-0.25, -0.2) is 13.4 Å². The normalized spacial score (nSPS) is 11.1. The first-order valence-corrected chi connectivity index (χ1v) is 6.63. The highest BCUT2D eigenvalue weighted by molar-refractivity contribution is 7.92. The first kappa shape index (κ1) is 11.9. The van der Waals surface area contributed by atoms with Crippen molar-refractivity contribution in [2.45, 2.75) is 4.90 Å². The van der Waals surface area contributed by atoms with Crippen molar-refractivity contribution in [3.8, 4) is 0 Å². The first-order chi connectivity index (χ1) is 8.08. The number of sulfonamides is 1. The minimum Gasteiger partial charge on any atom is -0.263 e. The van der Waals surface area contributed by atoms with Gasteiger partial charge in [0.2, 0.25) is 0 Å². The average Bonchev–Trinajstić information content (AvgIpc) is 2.30. The first-order valence-electron chi connectivity index (χ1n) is 4.77. The standard InChI is InChI=1S/C11H9ClN2O2S/c12-9-4-3-5-10(8-9)17(15,16)14-11-6-1-2-7-13-11/h1-8H,(H,13,14). The van der Waals surface area contributed by atoms with Crippen LogP contribution in [-0.4, -0.2) is 13.4 Å². The van der Waals surface area contributed by atoms with Gasteiger partial charge in [-0.15, -0.1) is 0 Å². The van der Waals surface area contributed by atoms with Crippen LogP contribution in [0.1, 0.15) is 0 Å². The van der Waals surface area contributed by atoms with Crippen molar-refractivity contribution in [1.29, 1.82) is 0 Å². The van der Waals surface area contributed by atoms with Crippen LogP contribution in [0.15, 0.2) is 53.6 Å². The van der Waals surface area contributed by atoms with E-state index in [1.165, 1.54) is 18.3 Å². The summed E-state index contributed by atoms with van der Waals surface area (Å²) in [5.74, 6) is 0.271. The Kier molecular flexibility index (Phi) is 3.31. The second kappa shape index (κ2) is 4.73. The van der Waals surface area contributed by atoms with E-state index in [0.717, 1.165) is 0 Å². The summed E-state index contributed by atoms with van der Waals surface area (Å²) >= 11 is 5.75. The van der Waals surface area contributed by atoms with E-state index in [-0.39, 0.29) is 10.7 Å². The van der Waals surface area contributed by atoms with E-state index in [2.05, 4.69) is 9.71 Å². The fourth-order valence-electron chi connectivity index (χ4n) is 1.25. The maximum Gasteiger partial charge on any atom is 0.263 e. The Bertz CT molecular complexity index is 614. The number of aromatic nitrogens is 1. The van der Waals surface area contributed by atoms with Gasteiger partial charge >= 0.3 is 0 Å². The monoisotopic (exact) mass is 268 g/mol. The molecule has 0 saturated carbocycles. The van der Waals surface area contributed by atoms with Crippen molar-refractivity contribution in [1.82, 2.24) is 4.98 Å². The van der Waals surface area contributed by atoms with E-state index in [1.807, 2.05) is 0 Å². The molecule has 1 aromatic heterocycles. The molecule has 6 heteroatoms. The van der Waals surface area contributed by atoms with Crippen LogP contribution in [0.25, 0.3) is 0 Å². The number of hydrogen-bond acceptors (Lipinski definition) is 3. The molecule has 2 aromatic rings. The van der Waals surface area contributed by atoms with Gasteiger partial charge in [0.05, 0.1) is 4.90 Å². The highest BCUT2D eigenvalue weighted by Gasteiger charge is 2.14. The van der Waals surface area contributed by atoms with Gasteiger partial charge in [-0.3, -0.25) is 4.72 Å². The number of nitrogens with zero attached hydrogens (tertiary/aromatic N) is 1. The molecule has 2 rings (SSSR count). The van der Waals surface area contributed by atoms with Crippen LogP contribution in [0.2, 0.25) is 5.02 Å². The van der Waals surface area contributed by atoms with Gasteiger partial charge in [-0.2, -0.15) is 0 Å².